The number of aromatic nitrogens is 3. The van der Waals surface area contributed by atoms with Gasteiger partial charge in [-0.2, -0.15) is 4.98 Å². The molecule has 0 saturated heterocycles. The van der Waals surface area contributed by atoms with Crippen LogP contribution in [0.5, 0.6) is 0 Å². The van der Waals surface area contributed by atoms with E-state index in [9.17, 15) is 12.8 Å². The molecular formula is C21H17FN4O3S. The fourth-order valence-electron chi connectivity index (χ4n) is 2.91. The van der Waals surface area contributed by atoms with Crippen LogP contribution < -0.4 is 4.72 Å². The Kier molecular flexibility index (Phi) is 5.53. The number of sulfonamides is 1. The van der Waals surface area contributed by atoms with Crippen LogP contribution in [0, 0.1) is 5.82 Å². The molecule has 4 rings (SSSR count). The van der Waals surface area contributed by atoms with Crippen molar-refractivity contribution in [3.8, 4) is 11.4 Å². The van der Waals surface area contributed by atoms with Gasteiger partial charge >= 0.3 is 0 Å². The number of hydrogen-bond acceptors (Lipinski definition) is 6. The molecule has 0 amide bonds. The van der Waals surface area contributed by atoms with Crippen LogP contribution in [0.3, 0.4) is 0 Å². The maximum Gasteiger partial charge on any atom is 0.237 e. The molecular weight excluding hydrogens is 407 g/mol. The van der Waals surface area contributed by atoms with E-state index in [-0.39, 0.29) is 12.0 Å². The van der Waals surface area contributed by atoms with Crippen molar-refractivity contribution >= 4 is 15.7 Å². The summed E-state index contributed by atoms with van der Waals surface area (Å²) in [6, 6.07) is 16.2. The number of benzene rings is 2. The van der Waals surface area contributed by atoms with E-state index in [4.69, 9.17) is 4.52 Å². The average molecular weight is 424 g/mol. The number of halogens is 1. The van der Waals surface area contributed by atoms with Gasteiger partial charge in [-0.1, -0.05) is 41.6 Å². The van der Waals surface area contributed by atoms with Gasteiger partial charge in [-0.3, -0.25) is 9.71 Å². The summed E-state index contributed by atoms with van der Waals surface area (Å²) in [5, 5.41) is 3.96. The SMILES string of the molecule is O=S(=O)(Cc1ccccc1F)Nc1ccccc1Cc1nc(-c2ccncc2)no1. The minimum Gasteiger partial charge on any atom is -0.339 e. The van der Waals surface area contributed by atoms with E-state index in [0.717, 1.165) is 5.56 Å². The van der Waals surface area contributed by atoms with Gasteiger partial charge in [-0.05, 0) is 29.8 Å². The Labute approximate surface area is 172 Å². The fourth-order valence-corrected chi connectivity index (χ4v) is 4.16. The molecule has 1 N–H and O–H groups in total. The van der Waals surface area contributed by atoms with Gasteiger partial charge in [-0.15, -0.1) is 0 Å². The van der Waals surface area contributed by atoms with Crippen molar-refractivity contribution < 1.29 is 17.3 Å². The predicted octanol–water partition coefficient (Wildman–Crippen LogP) is 3.80. The molecule has 152 valence electrons. The molecule has 0 bridgehead atoms. The monoisotopic (exact) mass is 424 g/mol. The highest BCUT2D eigenvalue weighted by atomic mass is 32.2. The molecule has 0 radical (unpaired) electrons. The Balaban J connectivity index is 1.53. The summed E-state index contributed by atoms with van der Waals surface area (Å²) in [7, 11) is -3.83. The van der Waals surface area contributed by atoms with E-state index in [2.05, 4.69) is 19.8 Å². The fraction of sp³-hybridized carbons (Fsp3) is 0.0952. The van der Waals surface area contributed by atoms with Crippen LogP contribution in [-0.4, -0.2) is 23.5 Å². The maximum absolute atomic E-state index is 13.8. The molecule has 2 aromatic carbocycles. The first kappa shape index (κ1) is 19.7. The van der Waals surface area contributed by atoms with Gasteiger partial charge in [0.1, 0.15) is 5.82 Å². The van der Waals surface area contributed by atoms with E-state index in [1.54, 1.807) is 54.9 Å². The number of rotatable bonds is 7. The van der Waals surface area contributed by atoms with Crippen LogP contribution >= 0.6 is 0 Å². The Hall–Kier alpha value is -3.59. The molecule has 9 heteroatoms. The first-order valence-corrected chi connectivity index (χ1v) is 10.7. The number of nitrogens with zero attached hydrogens (tertiary/aromatic N) is 3. The zero-order valence-corrected chi connectivity index (χ0v) is 16.5. The molecule has 0 unspecified atom stereocenters. The Morgan fingerprint density at radius 2 is 1.63 bits per heavy atom. The van der Waals surface area contributed by atoms with Crippen LogP contribution in [0.25, 0.3) is 11.4 Å². The highest BCUT2D eigenvalue weighted by Crippen LogP contribution is 2.23. The molecule has 4 aromatic rings. The number of hydrogen-bond donors (Lipinski definition) is 1. The van der Waals surface area contributed by atoms with Gasteiger partial charge in [-0.25, -0.2) is 12.8 Å². The molecule has 0 aliphatic rings. The lowest BCUT2D eigenvalue weighted by molar-refractivity contribution is 0.386. The normalized spacial score (nSPS) is 11.4. The Morgan fingerprint density at radius 3 is 2.40 bits per heavy atom. The Bertz CT molecular complexity index is 1260. The first-order valence-electron chi connectivity index (χ1n) is 9.05. The average Bonchev–Trinajstić information content (AvgIpc) is 3.20. The number of para-hydroxylation sites is 1. The third kappa shape index (κ3) is 4.69. The molecule has 2 heterocycles. The summed E-state index contributed by atoms with van der Waals surface area (Å²) in [6.07, 6.45) is 3.49. The van der Waals surface area contributed by atoms with Crippen LogP contribution in [0.1, 0.15) is 17.0 Å². The summed E-state index contributed by atoms with van der Waals surface area (Å²) in [6.45, 7) is 0. The lowest BCUT2D eigenvalue weighted by Gasteiger charge is -2.12. The molecule has 0 aliphatic carbocycles. The third-order valence-electron chi connectivity index (χ3n) is 4.33. The van der Waals surface area contributed by atoms with Gasteiger partial charge < -0.3 is 4.52 Å². The highest BCUT2D eigenvalue weighted by Gasteiger charge is 2.17. The molecule has 2 aromatic heterocycles. The van der Waals surface area contributed by atoms with E-state index in [1.807, 2.05) is 0 Å². The predicted molar refractivity (Wildman–Crippen MR) is 109 cm³/mol. The second-order valence-electron chi connectivity index (χ2n) is 6.53. The zero-order chi connectivity index (χ0) is 21.0. The maximum atomic E-state index is 13.8. The van der Waals surface area contributed by atoms with Gasteiger partial charge in [0.25, 0.3) is 0 Å². The van der Waals surface area contributed by atoms with Crippen molar-refractivity contribution in [2.75, 3.05) is 4.72 Å². The van der Waals surface area contributed by atoms with Crippen LogP contribution in [0.4, 0.5) is 10.1 Å². The summed E-state index contributed by atoms with van der Waals surface area (Å²) >= 11 is 0. The second-order valence-corrected chi connectivity index (χ2v) is 8.26. The number of pyridine rings is 1. The summed E-state index contributed by atoms with van der Waals surface area (Å²) in [5.41, 5.74) is 1.89. The van der Waals surface area contributed by atoms with E-state index >= 15 is 0 Å². The number of nitrogens with one attached hydrogen (secondary N) is 1. The minimum absolute atomic E-state index is 0.0985. The lowest BCUT2D eigenvalue weighted by atomic mass is 10.1. The molecule has 7 nitrogen and oxygen atoms in total. The van der Waals surface area contributed by atoms with Crippen molar-refractivity contribution in [1.82, 2.24) is 15.1 Å². The van der Waals surface area contributed by atoms with E-state index in [0.29, 0.717) is 23.0 Å². The quantitative estimate of drug-likeness (QED) is 0.485. The van der Waals surface area contributed by atoms with E-state index in [1.165, 1.54) is 18.2 Å². The summed E-state index contributed by atoms with van der Waals surface area (Å²) in [5.74, 6) is -0.279. The topological polar surface area (TPSA) is 98.0 Å². The second kappa shape index (κ2) is 8.42. The molecule has 0 fully saturated rings. The molecule has 0 spiro atoms. The van der Waals surface area contributed by atoms with Crippen LogP contribution in [0.15, 0.2) is 77.6 Å². The number of anilines is 1. The van der Waals surface area contributed by atoms with Crippen molar-refractivity contribution in [2.45, 2.75) is 12.2 Å². The largest absolute Gasteiger partial charge is 0.339 e. The smallest absolute Gasteiger partial charge is 0.237 e. The molecule has 0 aliphatic heterocycles. The van der Waals surface area contributed by atoms with Gasteiger partial charge in [0.15, 0.2) is 0 Å². The van der Waals surface area contributed by atoms with E-state index < -0.39 is 21.6 Å². The molecule has 0 atom stereocenters. The molecule has 0 saturated carbocycles. The van der Waals surface area contributed by atoms with Gasteiger partial charge in [0.05, 0.1) is 17.9 Å². The van der Waals surface area contributed by atoms with Crippen molar-refractivity contribution in [3.63, 3.8) is 0 Å². The van der Waals surface area contributed by atoms with Crippen molar-refractivity contribution in [2.24, 2.45) is 0 Å². The van der Waals surface area contributed by atoms with Gasteiger partial charge in [0.2, 0.25) is 21.7 Å². The zero-order valence-electron chi connectivity index (χ0n) is 15.7. The third-order valence-corrected chi connectivity index (χ3v) is 5.56. The summed E-state index contributed by atoms with van der Waals surface area (Å²) < 4.78 is 46.8. The van der Waals surface area contributed by atoms with Crippen molar-refractivity contribution in [1.29, 1.82) is 0 Å². The standard InChI is InChI=1S/C21H17FN4O3S/c22-18-7-3-1-6-17(18)14-30(27,28)26-19-8-4-2-5-16(19)13-20-24-21(25-29-20)15-9-11-23-12-10-15/h1-12,26H,13-14H2. The summed E-state index contributed by atoms with van der Waals surface area (Å²) in [4.78, 5) is 8.31. The minimum atomic E-state index is -3.83. The first-order chi connectivity index (χ1) is 14.5. The Morgan fingerprint density at radius 1 is 0.933 bits per heavy atom. The highest BCUT2D eigenvalue weighted by molar-refractivity contribution is 7.91. The lowest BCUT2D eigenvalue weighted by Crippen LogP contribution is -2.17. The van der Waals surface area contributed by atoms with Gasteiger partial charge in [0, 0.05) is 23.5 Å². The van der Waals surface area contributed by atoms with Crippen LogP contribution in [0.2, 0.25) is 0 Å². The van der Waals surface area contributed by atoms with Crippen molar-refractivity contribution in [3.05, 3.63) is 95.9 Å². The van der Waals surface area contributed by atoms with Crippen LogP contribution in [-0.2, 0) is 22.2 Å². The molecule has 30 heavy (non-hydrogen) atoms.